The second-order valence-electron chi connectivity index (χ2n) is 5.47. The van der Waals surface area contributed by atoms with E-state index in [0.29, 0.717) is 18.2 Å². The van der Waals surface area contributed by atoms with Crippen molar-refractivity contribution in [1.82, 2.24) is 24.7 Å². The summed E-state index contributed by atoms with van der Waals surface area (Å²) in [5.74, 6) is 1.95. The third-order valence-corrected chi connectivity index (χ3v) is 3.68. The molecule has 1 aromatic carbocycles. The van der Waals surface area contributed by atoms with Crippen LogP contribution in [0.2, 0.25) is 0 Å². The molecule has 3 aromatic heterocycles. The van der Waals surface area contributed by atoms with E-state index < -0.39 is 0 Å². The van der Waals surface area contributed by atoms with Crippen molar-refractivity contribution in [2.75, 3.05) is 5.32 Å². The molecule has 26 heavy (non-hydrogen) atoms. The van der Waals surface area contributed by atoms with Gasteiger partial charge in [-0.2, -0.15) is 5.10 Å². The normalized spacial score (nSPS) is 10.5. The summed E-state index contributed by atoms with van der Waals surface area (Å²) in [5, 5.41) is 7.64. The van der Waals surface area contributed by atoms with Gasteiger partial charge in [0.15, 0.2) is 5.82 Å². The van der Waals surface area contributed by atoms with E-state index in [1.165, 1.54) is 0 Å². The Hall–Kier alpha value is -3.74. The molecule has 0 atom stereocenters. The minimum atomic E-state index is 0.470. The van der Waals surface area contributed by atoms with Gasteiger partial charge in [0.05, 0.1) is 11.9 Å². The summed E-state index contributed by atoms with van der Waals surface area (Å²) >= 11 is 0. The molecule has 0 fully saturated rings. The van der Waals surface area contributed by atoms with Crippen molar-refractivity contribution in [2.45, 2.75) is 6.54 Å². The lowest BCUT2D eigenvalue weighted by Gasteiger charge is -2.11. The maximum Gasteiger partial charge on any atom is 0.237 e. The zero-order valence-corrected chi connectivity index (χ0v) is 13.9. The Balaban J connectivity index is 1.43. The van der Waals surface area contributed by atoms with Crippen molar-refractivity contribution >= 4 is 5.69 Å². The maximum atomic E-state index is 5.65. The highest BCUT2D eigenvalue weighted by Crippen LogP contribution is 2.20. The second-order valence-corrected chi connectivity index (χ2v) is 5.47. The molecule has 4 rings (SSSR count). The average Bonchev–Trinajstić information content (AvgIpc) is 3.23. The highest BCUT2D eigenvalue weighted by molar-refractivity contribution is 5.56. The smallest absolute Gasteiger partial charge is 0.237 e. The summed E-state index contributed by atoms with van der Waals surface area (Å²) in [5.41, 5.74) is 2.03. The van der Waals surface area contributed by atoms with Gasteiger partial charge in [-0.05, 0) is 35.9 Å². The molecule has 0 radical (unpaired) electrons. The average molecular weight is 344 g/mol. The van der Waals surface area contributed by atoms with Crippen LogP contribution in [0.4, 0.5) is 5.69 Å². The van der Waals surface area contributed by atoms with Gasteiger partial charge in [-0.25, -0.2) is 14.6 Å². The van der Waals surface area contributed by atoms with Crippen LogP contribution in [-0.2, 0) is 6.54 Å². The van der Waals surface area contributed by atoms with Crippen molar-refractivity contribution in [3.05, 3.63) is 85.2 Å². The number of benzene rings is 1. The van der Waals surface area contributed by atoms with Gasteiger partial charge in [-0.3, -0.25) is 4.98 Å². The van der Waals surface area contributed by atoms with E-state index in [9.17, 15) is 0 Å². The molecule has 128 valence electrons. The summed E-state index contributed by atoms with van der Waals surface area (Å²) in [6.45, 7) is 0.658. The minimum Gasteiger partial charge on any atom is -0.438 e. The molecule has 3 heterocycles. The summed E-state index contributed by atoms with van der Waals surface area (Å²) in [6.07, 6.45) is 10.1. The largest absolute Gasteiger partial charge is 0.438 e. The predicted molar refractivity (Wildman–Crippen MR) is 97.2 cm³/mol. The van der Waals surface area contributed by atoms with Gasteiger partial charge in [0.25, 0.3) is 0 Å². The summed E-state index contributed by atoms with van der Waals surface area (Å²) < 4.78 is 7.38. The van der Waals surface area contributed by atoms with Crippen molar-refractivity contribution in [1.29, 1.82) is 0 Å². The molecule has 0 amide bonds. The number of aromatic nitrogens is 5. The Labute approximate surface area is 150 Å². The molecule has 0 saturated heterocycles. The van der Waals surface area contributed by atoms with Gasteiger partial charge < -0.3 is 10.1 Å². The Morgan fingerprint density at radius 2 is 1.85 bits per heavy atom. The SMILES string of the molecule is c1cnc(-n2cccn2)c(NCc2ccc(Oc3cnccn3)cc2)c1. The Bertz CT molecular complexity index is 955. The number of hydrogen-bond donors (Lipinski definition) is 1. The van der Waals surface area contributed by atoms with E-state index >= 15 is 0 Å². The van der Waals surface area contributed by atoms with Crippen LogP contribution in [0.5, 0.6) is 11.6 Å². The zero-order chi connectivity index (χ0) is 17.6. The molecule has 0 aliphatic heterocycles. The second kappa shape index (κ2) is 7.43. The first-order valence-corrected chi connectivity index (χ1v) is 8.10. The molecule has 0 saturated carbocycles. The van der Waals surface area contributed by atoms with Crippen LogP contribution in [0.3, 0.4) is 0 Å². The van der Waals surface area contributed by atoms with Gasteiger partial charge in [-0.15, -0.1) is 0 Å². The predicted octanol–water partition coefficient (Wildman–Crippen LogP) is 3.46. The fraction of sp³-hybridized carbons (Fsp3) is 0.0526. The van der Waals surface area contributed by atoms with Gasteiger partial charge >= 0.3 is 0 Å². The lowest BCUT2D eigenvalue weighted by molar-refractivity contribution is 0.460. The number of anilines is 1. The van der Waals surface area contributed by atoms with Gasteiger partial charge in [-0.1, -0.05) is 12.1 Å². The molecule has 7 nitrogen and oxygen atoms in total. The fourth-order valence-corrected chi connectivity index (χ4v) is 2.44. The number of nitrogens with one attached hydrogen (secondary N) is 1. The highest BCUT2D eigenvalue weighted by atomic mass is 16.5. The van der Waals surface area contributed by atoms with Crippen LogP contribution < -0.4 is 10.1 Å². The first kappa shape index (κ1) is 15.8. The van der Waals surface area contributed by atoms with E-state index in [1.54, 1.807) is 35.7 Å². The third kappa shape index (κ3) is 3.67. The lowest BCUT2D eigenvalue weighted by Crippen LogP contribution is -2.06. The number of hydrogen-bond acceptors (Lipinski definition) is 6. The maximum absolute atomic E-state index is 5.65. The van der Waals surface area contributed by atoms with E-state index in [4.69, 9.17) is 4.74 Å². The quantitative estimate of drug-likeness (QED) is 0.577. The van der Waals surface area contributed by atoms with E-state index in [-0.39, 0.29) is 0 Å². The van der Waals surface area contributed by atoms with Crippen LogP contribution in [0, 0.1) is 0 Å². The van der Waals surface area contributed by atoms with E-state index in [0.717, 1.165) is 17.1 Å². The van der Waals surface area contributed by atoms with Crippen LogP contribution in [-0.4, -0.2) is 24.7 Å². The number of pyridine rings is 1. The molecule has 1 N–H and O–H groups in total. The molecular formula is C19H16N6O. The van der Waals surface area contributed by atoms with Gasteiger partial charge in [0.1, 0.15) is 5.75 Å². The topological polar surface area (TPSA) is 77.8 Å². The first-order chi connectivity index (χ1) is 12.9. The van der Waals surface area contributed by atoms with Crippen molar-refractivity contribution < 1.29 is 4.74 Å². The van der Waals surface area contributed by atoms with Crippen molar-refractivity contribution in [3.8, 4) is 17.4 Å². The fourth-order valence-electron chi connectivity index (χ4n) is 2.44. The molecule has 0 unspecified atom stereocenters. The summed E-state index contributed by atoms with van der Waals surface area (Å²) in [6, 6.07) is 13.6. The number of rotatable bonds is 6. The van der Waals surface area contributed by atoms with E-state index in [1.807, 2.05) is 48.7 Å². The Kier molecular flexibility index (Phi) is 4.51. The molecule has 7 heteroatoms. The van der Waals surface area contributed by atoms with Crippen LogP contribution in [0.1, 0.15) is 5.56 Å². The molecule has 0 aliphatic carbocycles. The van der Waals surface area contributed by atoms with Gasteiger partial charge in [0.2, 0.25) is 5.88 Å². The summed E-state index contributed by atoms with van der Waals surface area (Å²) in [7, 11) is 0. The number of nitrogens with zero attached hydrogens (tertiary/aromatic N) is 5. The molecule has 0 spiro atoms. The molecule has 0 aliphatic rings. The minimum absolute atomic E-state index is 0.470. The lowest BCUT2D eigenvalue weighted by atomic mass is 10.2. The van der Waals surface area contributed by atoms with Crippen LogP contribution >= 0.6 is 0 Å². The number of ether oxygens (including phenoxy) is 1. The Morgan fingerprint density at radius 1 is 0.923 bits per heavy atom. The van der Waals surface area contributed by atoms with Gasteiger partial charge in [0, 0.05) is 37.5 Å². The van der Waals surface area contributed by atoms with Crippen LogP contribution in [0.25, 0.3) is 5.82 Å². The van der Waals surface area contributed by atoms with Crippen molar-refractivity contribution in [2.24, 2.45) is 0 Å². The van der Waals surface area contributed by atoms with E-state index in [2.05, 4.69) is 25.4 Å². The third-order valence-electron chi connectivity index (χ3n) is 3.68. The summed E-state index contributed by atoms with van der Waals surface area (Å²) in [4.78, 5) is 12.5. The Morgan fingerprint density at radius 3 is 2.62 bits per heavy atom. The highest BCUT2D eigenvalue weighted by Gasteiger charge is 2.06. The molecule has 4 aromatic rings. The zero-order valence-electron chi connectivity index (χ0n) is 13.9. The monoisotopic (exact) mass is 344 g/mol. The first-order valence-electron chi connectivity index (χ1n) is 8.10. The van der Waals surface area contributed by atoms with Crippen molar-refractivity contribution in [3.63, 3.8) is 0 Å². The van der Waals surface area contributed by atoms with Crippen LogP contribution in [0.15, 0.2) is 79.6 Å². The molecular weight excluding hydrogens is 328 g/mol. The molecule has 0 bridgehead atoms. The standard InChI is InChI=1S/C19H16N6O/c1-3-17(19(22-8-1)25-12-2-9-24-25)23-13-15-4-6-16(7-5-15)26-18-14-20-10-11-21-18/h1-12,14,23H,13H2.